The molecule has 0 spiro atoms. The zero-order valence-electron chi connectivity index (χ0n) is 21.1. The van der Waals surface area contributed by atoms with E-state index >= 15 is 0 Å². The van der Waals surface area contributed by atoms with Crippen LogP contribution in [0.15, 0.2) is 0 Å². The fourth-order valence-corrected chi connectivity index (χ4v) is 5.60. The lowest BCUT2D eigenvalue weighted by Gasteiger charge is -2.43. The fraction of sp³-hybridized carbons (Fsp3) is 1.00. The lowest BCUT2D eigenvalue weighted by Crippen LogP contribution is -2.59. The molecule has 14 heteroatoms. The molecule has 0 aromatic carbocycles. The zero-order valence-corrected chi connectivity index (χ0v) is 21.1. The number of hydrogen-bond donors (Lipinski definition) is 8. The molecule has 37 heavy (non-hydrogen) atoms. The first-order valence-electron chi connectivity index (χ1n) is 13.3. The molecular formula is C23H45N5O9. The molecule has 4 rings (SSSR count). The van der Waals surface area contributed by atoms with Gasteiger partial charge in [-0.2, -0.15) is 0 Å². The summed E-state index contributed by atoms with van der Waals surface area (Å²) in [5.74, 6) is 0. The summed E-state index contributed by atoms with van der Waals surface area (Å²) in [6, 6.07) is -0.898. The Labute approximate surface area is 217 Å². The Balaban J connectivity index is 1.38. The van der Waals surface area contributed by atoms with E-state index < -0.39 is 67.6 Å². The van der Waals surface area contributed by atoms with Crippen molar-refractivity contribution in [1.29, 1.82) is 0 Å². The third-order valence-electron chi connectivity index (χ3n) is 7.72. The van der Waals surface area contributed by atoms with E-state index in [0.29, 0.717) is 25.8 Å². The van der Waals surface area contributed by atoms with Crippen molar-refractivity contribution < 1.29 is 43.7 Å². The van der Waals surface area contributed by atoms with Crippen LogP contribution in [0.5, 0.6) is 0 Å². The van der Waals surface area contributed by atoms with Crippen LogP contribution in [0.1, 0.15) is 38.5 Å². The number of aliphatic hydroxyl groups is 3. The maximum Gasteiger partial charge on any atom is 0.173 e. The molecule has 0 aromatic rings. The highest BCUT2D eigenvalue weighted by Crippen LogP contribution is 2.33. The van der Waals surface area contributed by atoms with E-state index in [1.807, 2.05) is 0 Å². The van der Waals surface area contributed by atoms with Gasteiger partial charge in [0.2, 0.25) is 0 Å². The molecule has 1 saturated carbocycles. The van der Waals surface area contributed by atoms with Crippen molar-refractivity contribution in [2.75, 3.05) is 19.7 Å². The summed E-state index contributed by atoms with van der Waals surface area (Å²) in [7, 11) is 0. The molecular weight excluding hydrogens is 490 g/mol. The predicted octanol–water partition coefficient (Wildman–Crippen LogP) is -3.72. The lowest BCUT2D eigenvalue weighted by atomic mass is 9.86. The first kappa shape index (κ1) is 29.4. The Morgan fingerprint density at radius 3 is 2.14 bits per heavy atom. The Morgan fingerprint density at radius 2 is 1.43 bits per heavy atom. The Kier molecular flexibility index (Phi) is 10.5. The molecule has 3 saturated heterocycles. The highest BCUT2D eigenvalue weighted by molar-refractivity contribution is 4.95. The smallest absolute Gasteiger partial charge is 0.173 e. The molecule has 4 fully saturated rings. The number of hydrogen-bond acceptors (Lipinski definition) is 14. The second-order valence-electron chi connectivity index (χ2n) is 10.6. The Hall–Kier alpha value is -0.560. The average Bonchev–Trinajstić information content (AvgIpc) is 3.25. The van der Waals surface area contributed by atoms with Crippen LogP contribution in [0.2, 0.25) is 0 Å². The van der Waals surface area contributed by atoms with E-state index in [1.54, 1.807) is 0 Å². The summed E-state index contributed by atoms with van der Waals surface area (Å²) in [6.45, 7) is 0.0939. The van der Waals surface area contributed by atoms with Gasteiger partial charge in [0, 0.05) is 38.0 Å². The molecule has 3 aliphatic heterocycles. The van der Waals surface area contributed by atoms with Crippen molar-refractivity contribution in [3.05, 3.63) is 0 Å². The minimum absolute atomic E-state index is 0.0262. The first-order valence-corrected chi connectivity index (χ1v) is 13.3. The van der Waals surface area contributed by atoms with Gasteiger partial charge in [0.15, 0.2) is 18.9 Å². The SMILES string of the molecule is NCC1CC[C@@H](N)[C@@H](O[C@@H]2C(N)CC(N)CC2OC2C[C@H](O[C@@H]3CC(O)[C@H](O)[C@H](CN)O3)C(CO)O2)O1. The van der Waals surface area contributed by atoms with Gasteiger partial charge in [-0.25, -0.2) is 0 Å². The third kappa shape index (κ3) is 7.15. The van der Waals surface area contributed by atoms with Crippen LogP contribution in [-0.4, -0.2) is 121 Å². The van der Waals surface area contributed by atoms with Crippen molar-refractivity contribution in [3.63, 3.8) is 0 Å². The Morgan fingerprint density at radius 1 is 0.730 bits per heavy atom. The number of aliphatic hydroxyl groups excluding tert-OH is 3. The van der Waals surface area contributed by atoms with Crippen LogP contribution in [0, 0.1) is 0 Å². The Bertz CT molecular complexity index is 714. The van der Waals surface area contributed by atoms with E-state index in [2.05, 4.69) is 0 Å². The van der Waals surface area contributed by atoms with Gasteiger partial charge >= 0.3 is 0 Å². The minimum Gasteiger partial charge on any atom is -0.394 e. The third-order valence-corrected chi connectivity index (χ3v) is 7.72. The van der Waals surface area contributed by atoms with Crippen LogP contribution in [0.3, 0.4) is 0 Å². The largest absolute Gasteiger partial charge is 0.394 e. The normalized spacial score (nSPS) is 49.3. The van der Waals surface area contributed by atoms with Gasteiger partial charge in [0.1, 0.15) is 24.4 Å². The summed E-state index contributed by atoms with van der Waals surface area (Å²) < 4.78 is 36.2. The molecule has 14 atom stereocenters. The molecule has 7 unspecified atom stereocenters. The summed E-state index contributed by atoms with van der Waals surface area (Å²) in [4.78, 5) is 0. The molecule has 13 N–H and O–H groups in total. The van der Waals surface area contributed by atoms with Gasteiger partial charge in [-0.05, 0) is 25.7 Å². The summed E-state index contributed by atoms with van der Waals surface area (Å²) in [6.07, 6.45) is -4.62. The average molecular weight is 536 g/mol. The standard InChI is InChI=1S/C23H45N5O9/c24-7-11-1-2-12(27)23(32-11)37-22-13(28)3-10(26)4-16(22)34-20-6-15(18(9-29)36-20)33-19-5-14(30)21(31)17(8-25)35-19/h10-23,29-31H,1-9,24-28H2/t10?,11?,12-,13?,14?,15+,16?,17+,18?,19+,20?,21+,22-,23-/m1/s1. The summed E-state index contributed by atoms with van der Waals surface area (Å²) in [5, 5.41) is 30.1. The minimum atomic E-state index is -1.09. The van der Waals surface area contributed by atoms with Crippen LogP contribution in [-0.2, 0) is 28.4 Å². The zero-order chi connectivity index (χ0) is 26.7. The van der Waals surface area contributed by atoms with Crippen LogP contribution in [0.4, 0.5) is 0 Å². The van der Waals surface area contributed by atoms with Crippen LogP contribution >= 0.6 is 0 Å². The summed E-state index contributed by atoms with van der Waals surface area (Å²) in [5.41, 5.74) is 30.4. The quantitative estimate of drug-likeness (QED) is 0.141. The molecule has 1 aliphatic carbocycles. The molecule has 3 heterocycles. The van der Waals surface area contributed by atoms with Gasteiger partial charge in [0.05, 0.1) is 37.1 Å². The van der Waals surface area contributed by atoms with E-state index in [0.717, 1.165) is 12.8 Å². The van der Waals surface area contributed by atoms with Gasteiger partial charge < -0.3 is 72.4 Å². The molecule has 0 amide bonds. The van der Waals surface area contributed by atoms with Crippen LogP contribution < -0.4 is 28.7 Å². The highest BCUT2D eigenvalue weighted by Gasteiger charge is 2.46. The second kappa shape index (κ2) is 13.2. The molecule has 0 bridgehead atoms. The van der Waals surface area contributed by atoms with Crippen molar-refractivity contribution in [3.8, 4) is 0 Å². The van der Waals surface area contributed by atoms with Crippen molar-refractivity contribution >= 4 is 0 Å². The van der Waals surface area contributed by atoms with Gasteiger partial charge in [-0.15, -0.1) is 0 Å². The van der Waals surface area contributed by atoms with Gasteiger partial charge in [0.25, 0.3) is 0 Å². The molecule has 14 nitrogen and oxygen atoms in total. The number of rotatable bonds is 9. The molecule has 0 aromatic heterocycles. The predicted molar refractivity (Wildman–Crippen MR) is 129 cm³/mol. The number of ether oxygens (including phenoxy) is 6. The van der Waals surface area contributed by atoms with Gasteiger partial charge in [-0.1, -0.05) is 0 Å². The molecule has 4 aliphatic rings. The highest BCUT2D eigenvalue weighted by atomic mass is 16.7. The molecule has 216 valence electrons. The van der Waals surface area contributed by atoms with E-state index in [4.69, 9.17) is 57.1 Å². The number of nitrogens with two attached hydrogens (primary N) is 5. The van der Waals surface area contributed by atoms with E-state index in [-0.39, 0.29) is 37.8 Å². The van der Waals surface area contributed by atoms with Crippen LogP contribution in [0.25, 0.3) is 0 Å². The van der Waals surface area contributed by atoms with Gasteiger partial charge in [-0.3, -0.25) is 0 Å². The van der Waals surface area contributed by atoms with Crippen molar-refractivity contribution in [2.45, 2.75) is 124 Å². The van der Waals surface area contributed by atoms with Crippen molar-refractivity contribution in [1.82, 2.24) is 0 Å². The fourth-order valence-electron chi connectivity index (χ4n) is 5.60. The van der Waals surface area contributed by atoms with E-state index in [9.17, 15) is 15.3 Å². The monoisotopic (exact) mass is 535 g/mol. The lowest BCUT2D eigenvalue weighted by molar-refractivity contribution is -0.268. The summed E-state index contributed by atoms with van der Waals surface area (Å²) >= 11 is 0. The van der Waals surface area contributed by atoms with E-state index in [1.165, 1.54) is 0 Å². The first-order chi connectivity index (χ1) is 17.7. The molecule has 0 radical (unpaired) electrons. The maximum atomic E-state index is 10.1. The van der Waals surface area contributed by atoms with Crippen molar-refractivity contribution in [2.24, 2.45) is 28.7 Å². The second-order valence-corrected chi connectivity index (χ2v) is 10.6. The topological polar surface area (TPSA) is 246 Å². The maximum absolute atomic E-state index is 10.1.